The molecule has 6 aromatic rings. The van der Waals surface area contributed by atoms with E-state index in [2.05, 4.69) is 81.8 Å². The fourth-order valence-electron chi connectivity index (χ4n) is 7.50. The zero-order chi connectivity index (χ0) is 33.5. The first-order valence-corrected chi connectivity index (χ1v) is 17.5. The number of carbonyl (C=O) groups excluding carboxylic acids is 2. The van der Waals surface area contributed by atoms with Crippen molar-refractivity contribution in [2.75, 3.05) is 17.2 Å². The highest BCUT2D eigenvalue weighted by molar-refractivity contribution is 14.1. The molecule has 0 amide bonds. The van der Waals surface area contributed by atoms with E-state index in [1.54, 1.807) is 12.2 Å². The minimum atomic E-state index is -0.994. The molecule has 0 spiro atoms. The Kier molecular flexibility index (Phi) is 8.14. The Labute approximate surface area is 298 Å². The number of hydrogen-bond donors (Lipinski definition) is 3. The van der Waals surface area contributed by atoms with Crippen molar-refractivity contribution in [1.82, 2.24) is 0 Å². The number of rotatable bonds is 8. The lowest BCUT2D eigenvalue weighted by molar-refractivity contribution is -0.116. The van der Waals surface area contributed by atoms with Crippen LogP contribution in [0.25, 0.3) is 32.7 Å². The zero-order valence-corrected chi connectivity index (χ0v) is 28.7. The van der Waals surface area contributed by atoms with Crippen LogP contribution < -0.4 is 10.6 Å². The molecular weight excluding hydrogens is 719 g/mol. The lowest BCUT2D eigenvalue weighted by Gasteiger charge is -2.35. The number of aliphatic hydroxyl groups excluding tert-OH is 1. The van der Waals surface area contributed by atoms with Crippen molar-refractivity contribution >= 4 is 67.1 Å². The molecule has 4 atom stereocenters. The van der Waals surface area contributed by atoms with Crippen LogP contribution in [0.5, 0.6) is 0 Å². The van der Waals surface area contributed by atoms with Crippen molar-refractivity contribution in [2.24, 2.45) is 0 Å². The largest absolute Gasteiger partial charge is 0.394 e. The molecule has 0 aromatic heterocycles. The van der Waals surface area contributed by atoms with Crippen LogP contribution in [0.2, 0.25) is 0 Å². The van der Waals surface area contributed by atoms with E-state index in [0.717, 1.165) is 58.7 Å². The van der Waals surface area contributed by atoms with Gasteiger partial charge in [0, 0.05) is 14.9 Å². The van der Waals surface area contributed by atoms with Gasteiger partial charge in [-0.25, -0.2) is 0 Å². The quantitative estimate of drug-likeness (QED) is 0.107. The first-order valence-electron chi connectivity index (χ1n) is 16.4. The van der Waals surface area contributed by atoms with E-state index < -0.39 is 11.5 Å². The number of anilines is 2. The normalized spacial score (nSPS) is 21.6. The highest BCUT2D eigenvalue weighted by Crippen LogP contribution is 2.44. The van der Waals surface area contributed by atoms with Crippen LogP contribution in [-0.2, 0) is 9.59 Å². The standard InChI is InChI=1S/C43H33IN2O3/c44-31-14-16-32(17-15-31)46-43(26-47)22-21-40(49)42(43)37-25-30-23-29(13-18-34(30)35-11-4-5-12-36(35)37)28-9-6-10-33(24-28)45-38-19-20-39(48)41(38)27-7-2-1-3-8-27/h1-25,38,41-42,45-47H,26H2/t38?,41?,42?,43-/m1/s1. The summed E-state index contributed by atoms with van der Waals surface area (Å²) in [4.78, 5) is 26.5. The molecular formula is C43H33IN2O3. The van der Waals surface area contributed by atoms with Gasteiger partial charge in [-0.05, 0) is 127 Å². The van der Waals surface area contributed by atoms with Crippen LogP contribution in [0.4, 0.5) is 11.4 Å². The number of halogens is 1. The number of aliphatic hydroxyl groups is 1. The molecule has 6 heteroatoms. The Balaban J connectivity index is 1.17. The third-order valence-corrected chi connectivity index (χ3v) is 10.6. The molecule has 49 heavy (non-hydrogen) atoms. The molecule has 5 nitrogen and oxygen atoms in total. The monoisotopic (exact) mass is 752 g/mol. The lowest BCUT2D eigenvalue weighted by atomic mass is 9.78. The summed E-state index contributed by atoms with van der Waals surface area (Å²) in [7, 11) is 0. The van der Waals surface area contributed by atoms with Crippen molar-refractivity contribution in [3.8, 4) is 11.1 Å². The third kappa shape index (κ3) is 5.75. The average Bonchev–Trinajstić information content (AvgIpc) is 3.67. The summed E-state index contributed by atoms with van der Waals surface area (Å²) in [6.45, 7) is -0.245. The molecule has 6 aromatic carbocycles. The number of carbonyl (C=O) groups is 2. The highest BCUT2D eigenvalue weighted by atomic mass is 127. The van der Waals surface area contributed by atoms with E-state index in [-0.39, 0.29) is 30.1 Å². The molecule has 0 saturated carbocycles. The van der Waals surface area contributed by atoms with Gasteiger partial charge in [-0.15, -0.1) is 0 Å². The van der Waals surface area contributed by atoms with Crippen molar-refractivity contribution in [1.29, 1.82) is 0 Å². The topological polar surface area (TPSA) is 78.4 Å². The van der Waals surface area contributed by atoms with Gasteiger partial charge in [0.15, 0.2) is 11.6 Å². The minimum absolute atomic E-state index is 0.0419. The van der Waals surface area contributed by atoms with Gasteiger partial charge >= 0.3 is 0 Å². The molecule has 240 valence electrons. The van der Waals surface area contributed by atoms with Gasteiger partial charge < -0.3 is 15.7 Å². The van der Waals surface area contributed by atoms with Crippen LogP contribution in [0.3, 0.4) is 0 Å². The van der Waals surface area contributed by atoms with Crippen LogP contribution in [0.1, 0.15) is 23.0 Å². The van der Waals surface area contributed by atoms with E-state index in [1.807, 2.05) is 91.0 Å². The first kappa shape index (κ1) is 31.2. The average molecular weight is 753 g/mol. The van der Waals surface area contributed by atoms with Gasteiger partial charge in [0.1, 0.15) is 0 Å². The van der Waals surface area contributed by atoms with Crippen molar-refractivity contribution in [3.63, 3.8) is 0 Å². The van der Waals surface area contributed by atoms with Crippen molar-refractivity contribution < 1.29 is 14.7 Å². The Morgan fingerprint density at radius 2 is 1.43 bits per heavy atom. The Hall–Kier alpha value is -5.05. The van der Waals surface area contributed by atoms with Crippen LogP contribution >= 0.6 is 22.6 Å². The van der Waals surface area contributed by atoms with E-state index in [4.69, 9.17) is 0 Å². The van der Waals surface area contributed by atoms with Crippen LogP contribution in [0, 0.1) is 3.57 Å². The Bertz CT molecular complexity index is 2300. The van der Waals surface area contributed by atoms with E-state index >= 15 is 0 Å². The van der Waals surface area contributed by atoms with Crippen LogP contribution in [0.15, 0.2) is 152 Å². The van der Waals surface area contributed by atoms with Crippen molar-refractivity contribution in [3.05, 3.63) is 166 Å². The summed E-state index contributed by atoms with van der Waals surface area (Å²) in [6.07, 6.45) is 7.05. The Morgan fingerprint density at radius 1 is 0.673 bits per heavy atom. The molecule has 0 heterocycles. The molecule has 3 N–H and O–H groups in total. The predicted molar refractivity (Wildman–Crippen MR) is 207 cm³/mol. The summed E-state index contributed by atoms with van der Waals surface area (Å²) < 4.78 is 1.11. The molecule has 8 rings (SSSR count). The Morgan fingerprint density at radius 3 is 2.22 bits per heavy atom. The zero-order valence-electron chi connectivity index (χ0n) is 26.5. The summed E-state index contributed by atoms with van der Waals surface area (Å²) in [5.74, 6) is -0.828. The number of nitrogens with one attached hydrogen (secondary N) is 2. The molecule has 0 bridgehead atoms. The van der Waals surface area contributed by atoms with Gasteiger partial charge in [0.25, 0.3) is 0 Å². The molecule has 0 radical (unpaired) electrons. The highest BCUT2D eigenvalue weighted by Gasteiger charge is 2.46. The lowest BCUT2D eigenvalue weighted by Crippen LogP contribution is -2.45. The second-order valence-electron chi connectivity index (χ2n) is 12.8. The molecule has 0 fully saturated rings. The second-order valence-corrected chi connectivity index (χ2v) is 14.1. The second kappa shape index (κ2) is 12.8. The first-order chi connectivity index (χ1) is 23.9. The van der Waals surface area contributed by atoms with Gasteiger partial charge in [-0.2, -0.15) is 0 Å². The SMILES string of the molecule is O=C1C=CC(Nc2cccc(-c3ccc4c(c3)cc(C3C(=O)C=C[C@]3(CO)Nc3ccc(I)cc3)c3ccccc34)c2)C1c1ccccc1. The third-order valence-electron chi connectivity index (χ3n) is 9.85. The van der Waals surface area contributed by atoms with Gasteiger partial charge in [-0.1, -0.05) is 91.0 Å². The maximum atomic E-state index is 13.7. The number of fused-ring (bicyclic) bond motifs is 3. The molecule has 2 aliphatic rings. The fraction of sp³-hybridized carbons (Fsp3) is 0.116. The predicted octanol–water partition coefficient (Wildman–Crippen LogP) is 9.03. The van der Waals surface area contributed by atoms with Gasteiger partial charge in [-0.3, -0.25) is 9.59 Å². The summed E-state index contributed by atoms with van der Waals surface area (Å²) >= 11 is 2.27. The summed E-state index contributed by atoms with van der Waals surface area (Å²) in [6, 6.07) is 42.8. The van der Waals surface area contributed by atoms with E-state index in [1.165, 1.54) is 0 Å². The van der Waals surface area contributed by atoms with Crippen LogP contribution in [-0.4, -0.2) is 34.9 Å². The van der Waals surface area contributed by atoms with Crippen molar-refractivity contribution in [2.45, 2.75) is 23.4 Å². The molecule has 0 saturated heterocycles. The number of allylic oxidation sites excluding steroid dienone is 2. The molecule has 2 aliphatic carbocycles. The number of hydrogen-bond acceptors (Lipinski definition) is 5. The minimum Gasteiger partial charge on any atom is -0.394 e. The summed E-state index contributed by atoms with van der Waals surface area (Å²) in [5, 5.41) is 22.2. The molecule has 0 aliphatic heterocycles. The van der Waals surface area contributed by atoms with Gasteiger partial charge in [0.05, 0.1) is 30.0 Å². The van der Waals surface area contributed by atoms with E-state index in [9.17, 15) is 14.7 Å². The number of ketones is 2. The fourth-order valence-corrected chi connectivity index (χ4v) is 7.86. The maximum Gasteiger partial charge on any atom is 0.165 e. The van der Waals surface area contributed by atoms with Gasteiger partial charge in [0.2, 0.25) is 0 Å². The summed E-state index contributed by atoms with van der Waals surface area (Å²) in [5.41, 5.74) is 4.73. The maximum absolute atomic E-state index is 13.7. The molecule has 3 unspecified atom stereocenters. The van der Waals surface area contributed by atoms with E-state index in [0.29, 0.717) is 0 Å². The smallest absolute Gasteiger partial charge is 0.165 e. The number of benzene rings is 6.